The summed E-state index contributed by atoms with van der Waals surface area (Å²) in [7, 11) is 0. The lowest BCUT2D eigenvalue weighted by atomic mass is 9.79. The van der Waals surface area contributed by atoms with Gasteiger partial charge in [0.1, 0.15) is 5.76 Å². The molecule has 0 unspecified atom stereocenters. The van der Waals surface area contributed by atoms with Gasteiger partial charge in [-0.1, -0.05) is 0 Å². The Balaban J connectivity index is 1.35. The third-order valence-corrected chi connectivity index (χ3v) is 5.43. The summed E-state index contributed by atoms with van der Waals surface area (Å²) in [6.07, 6.45) is 8.97. The van der Waals surface area contributed by atoms with Crippen molar-refractivity contribution in [2.75, 3.05) is 32.7 Å². The van der Waals surface area contributed by atoms with E-state index in [2.05, 4.69) is 15.9 Å². The van der Waals surface area contributed by atoms with Crippen LogP contribution in [-0.2, 0) is 6.54 Å². The van der Waals surface area contributed by atoms with Crippen LogP contribution in [0.25, 0.3) is 0 Å². The highest BCUT2D eigenvalue weighted by atomic mass is 16.3. The van der Waals surface area contributed by atoms with Gasteiger partial charge in [0.25, 0.3) is 0 Å². The quantitative estimate of drug-likeness (QED) is 0.841. The fraction of sp³-hybridized carbons (Fsp3) is 0.765. The van der Waals surface area contributed by atoms with Crippen LogP contribution < -0.4 is 0 Å². The molecule has 110 valence electrons. The summed E-state index contributed by atoms with van der Waals surface area (Å²) in [6, 6.07) is 4.10. The highest BCUT2D eigenvalue weighted by Gasteiger charge is 2.42. The Bertz CT molecular complexity index is 440. The smallest absolute Gasteiger partial charge is 0.117 e. The largest absolute Gasteiger partial charge is 0.468 e. The van der Waals surface area contributed by atoms with Crippen LogP contribution in [0.4, 0.5) is 0 Å². The van der Waals surface area contributed by atoms with Crippen molar-refractivity contribution >= 4 is 0 Å². The van der Waals surface area contributed by atoms with E-state index in [1.165, 1.54) is 64.8 Å². The predicted molar refractivity (Wildman–Crippen MR) is 79.4 cm³/mol. The van der Waals surface area contributed by atoms with Gasteiger partial charge in [0, 0.05) is 19.6 Å². The molecule has 3 aliphatic rings. The van der Waals surface area contributed by atoms with E-state index in [4.69, 9.17) is 4.42 Å². The molecule has 2 saturated heterocycles. The van der Waals surface area contributed by atoms with Crippen LogP contribution in [0.5, 0.6) is 0 Å². The first kappa shape index (κ1) is 12.9. The van der Waals surface area contributed by atoms with Gasteiger partial charge >= 0.3 is 0 Å². The molecule has 0 bridgehead atoms. The molecule has 3 heteroatoms. The standard InChI is InChI=1S/C17H26N2O/c1-3-16(20-10-1)12-19-9-7-17(14-19)6-2-8-18(13-17)11-15-4-5-15/h1,3,10,15H,2,4-9,11-14H2/t17-/m0/s1. The number of likely N-dealkylation sites (tertiary alicyclic amines) is 2. The van der Waals surface area contributed by atoms with Crippen LogP contribution in [0, 0.1) is 11.3 Å². The molecule has 3 heterocycles. The molecule has 1 aromatic heterocycles. The van der Waals surface area contributed by atoms with Crippen LogP contribution in [-0.4, -0.2) is 42.5 Å². The molecule has 1 atom stereocenters. The van der Waals surface area contributed by atoms with Gasteiger partial charge in [0.15, 0.2) is 0 Å². The highest BCUT2D eigenvalue weighted by molar-refractivity contribution is 5.01. The van der Waals surface area contributed by atoms with Gasteiger partial charge in [0.05, 0.1) is 12.8 Å². The average Bonchev–Trinajstić information content (AvgIpc) is 2.96. The molecule has 0 radical (unpaired) electrons. The minimum Gasteiger partial charge on any atom is -0.468 e. The fourth-order valence-corrected chi connectivity index (χ4v) is 4.25. The number of rotatable bonds is 4. The fourth-order valence-electron chi connectivity index (χ4n) is 4.25. The number of nitrogens with zero attached hydrogens (tertiary/aromatic N) is 2. The molecule has 1 saturated carbocycles. The van der Waals surface area contributed by atoms with E-state index < -0.39 is 0 Å². The Morgan fingerprint density at radius 2 is 2.05 bits per heavy atom. The first-order valence-electron chi connectivity index (χ1n) is 8.29. The Hall–Kier alpha value is -0.800. The van der Waals surface area contributed by atoms with Crippen molar-refractivity contribution in [1.29, 1.82) is 0 Å². The summed E-state index contributed by atoms with van der Waals surface area (Å²) < 4.78 is 5.50. The predicted octanol–water partition coefficient (Wildman–Crippen LogP) is 2.98. The molecule has 4 rings (SSSR count). The lowest BCUT2D eigenvalue weighted by Gasteiger charge is -2.40. The van der Waals surface area contributed by atoms with Gasteiger partial charge in [-0.25, -0.2) is 0 Å². The second kappa shape index (κ2) is 5.19. The summed E-state index contributed by atoms with van der Waals surface area (Å²) in [5, 5.41) is 0. The molecular weight excluding hydrogens is 248 g/mol. The number of hydrogen-bond donors (Lipinski definition) is 0. The third-order valence-electron chi connectivity index (χ3n) is 5.43. The topological polar surface area (TPSA) is 19.6 Å². The zero-order valence-corrected chi connectivity index (χ0v) is 12.4. The summed E-state index contributed by atoms with van der Waals surface area (Å²) >= 11 is 0. The SMILES string of the molecule is c1coc(CN2CC[C@]3(CCCN(CC4CC4)C3)C2)c1. The number of furan rings is 1. The monoisotopic (exact) mass is 274 g/mol. The van der Waals surface area contributed by atoms with E-state index in [-0.39, 0.29) is 0 Å². The van der Waals surface area contributed by atoms with Gasteiger partial charge in [0.2, 0.25) is 0 Å². The normalized spacial score (nSPS) is 32.2. The minimum absolute atomic E-state index is 0.583. The molecule has 0 amide bonds. The summed E-state index contributed by atoms with van der Waals surface area (Å²) in [5.74, 6) is 2.15. The zero-order valence-electron chi connectivity index (χ0n) is 12.4. The van der Waals surface area contributed by atoms with E-state index in [0.29, 0.717) is 5.41 Å². The van der Waals surface area contributed by atoms with Crippen molar-refractivity contribution in [2.24, 2.45) is 11.3 Å². The maximum atomic E-state index is 5.50. The van der Waals surface area contributed by atoms with Gasteiger partial charge in [-0.05, 0) is 68.7 Å². The second-order valence-electron chi connectivity index (χ2n) is 7.32. The maximum absolute atomic E-state index is 5.50. The van der Waals surface area contributed by atoms with E-state index in [0.717, 1.165) is 18.2 Å². The Morgan fingerprint density at radius 1 is 1.15 bits per heavy atom. The molecule has 2 aliphatic heterocycles. The van der Waals surface area contributed by atoms with Crippen molar-refractivity contribution in [3.8, 4) is 0 Å². The average molecular weight is 274 g/mol. The number of hydrogen-bond acceptors (Lipinski definition) is 3. The molecule has 1 aliphatic carbocycles. The molecule has 1 aromatic rings. The van der Waals surface area contributed by atoms with Crippen LogP contribution in [0.15, 0.2) is 22.8 Å². The second-order valence-corrected chi connectivity index (χ2v) is 7.32. The molecule has 0 N–H and O–H groups in total. The maximum Gasteiger partial charge on any atom is 0.117 e. The van der Waals surface area contributed by atoms with Gasteiger partial charge < -0.3 is 9.32 Å². The zero-order chi connectivity index (χ0) is 13.4. The Kier molecular flexibility index (Phi) is 3.35. The van der Waals surface area contributed by atoms with Crippen molar-refractivity contribution in [3.05, 3.63) is 24.2 Å². The van der Waals surface area contributed by atoms with E-state index >= 15 is 0 Å². The first-order chi connectivity index (χ1) is 9.81. The summed E-state index contributed by atoms with van der Waals surface area (Å²) in [5.41, 5.74) is 0.583. The summed E-state index contributed by atoms with van der Waals surface area (Å²) in [4.78, 5) is 5.36. The molecular formula is C17H26N2O. The van der Waals surface area contributed by atoms with Gasteiger partial charge in [-0.2, -0.15) is 0 Å². The number of piperidine rings is 1. The Labute approximate surface area is 121 Å². The van der Waals surface area contributed by atoms with Crippen LogP contribution in [0.2, 0.25) is 0 Å². The van der Waals surface area contributed by atoms with Crippen molar-refractivity contribution in [3.63, 3.8) is 0 Å². The minimum atomic E-state index is 0.583. The van der Waals surface area contributed by atoms with E-state index in [1.54, 1.807) is 6.26 Å². The molecule has 20 heavy (non-hydrogen) atoms. The lowest BCUT2D eigenvalue weighted by Crippen LogP contribution is -2.45. The lowest BCUT2D eigenvalue weighted by molar-refractivity contribution is 0.0876. The Morgan fingerprint density at radius 3 is 2.85 bits per heavy atom. The molecule has 3 nitrogen and oxygen atoms in total. The van der Waals surface area contributed by atoms with Gasteiger partial charge in [-0.3, -0.25) is 4.90 Å². The van der Waals surface area contributed by atoms with Crippen molar-refractivity contribution < 1.29 is 4.42 Å². The summed E-state index contributed by atoms with van der Waals surface area (Å²) in [6.45, 7) is 7.58. The van der Waals surface area contributed by atoms with E-state index in [9.17, 15) is 0 Å². The molecule has 3 fully saturated rings. The van der Waals surface area contributed by atoms with Crippen LogP contribution in [0.1, 0.15) is 37.9 Å². The van der Waals surface area contributed by atoms with Crippen molar-refractivity contribution in [2.45, 2.75) is 38.6 Å². The van der Waals surface area contributed by atoms with Crippen LogP contribution >= 0.6 is 0 Å². The molecule has 1 spiro atoms. The van der Waals surface area contributed by atoms with Crippen LogP contribution in [0.3, 0.4) is 0 Å². The van der Waals surface area contributed by atoms with Crippen molar-refractivity contribution in [1.82, 2.24) is 9.80 Å². The molecule has 0 aromatic carbocycles. The van der Waals surface area contributed by atoms with Gasteiger partial charge in [-0.15, -0.1) is 0 Å². The van der Waals surface area contributed by atoms with E-state index in [1.807, 2.05) is 6.07 Å². The first-order valence-corrected chi connectivity index (χ1v) is 8.29. The highest BCUT2D eigenvalue weighted by Crippen LogP contribution is 2.41. The third kappa shape index (κ3) is 2.79.